The third-order valence-corrected chi connectivity index (χ3v) is 7.94. The number of carboxylic acid groups (broad SMARTS) is 1. The van der Waals surface area contributed by atoms with Gasteiger partial charge in [-0.2, -0.15) is 0 Å². The number of carbonyl (C=O) groups is 1. The molecule has 3 aromatic rings. The summed E-state index contributed by atoms with van der Waals surface area (Å²) in [5, 5.41) is 20.4. The van der Waals surface area contributed by atoms with Crippen LogP contribution >= 0.6 is 8.03 Å². The fourth-order valence-electron chi connectivity index (χ4n) is 4.31. The van der Waals surface area contributed by atoms with Crippen LogP contribution in [0.4, 0.5) is 4.39 Å². The molecule has 0 spiro atoms. The molecule has 1 aliphatic heterocycles. The van der Waals surface area contributed by atoms with Crippen molar-refractivity contribution < 1.29 is 38.0 Å². The van der Waals surface area contributed by atoms with E-state index in [1.807, 2.05) is 0 Å². The standard InChI is InChI=1S/C28H27FNO7P/c1-18(2)14-15-28(26(31)32,38(34)35-3)27(33,16-19-10-12-20(29)13-11-19)24-9-5-7-22(30-24)21-6-4-8-23-25(21)37-17-36-23/h4-13,18,33,38H,16-17H2,1-3H3,(H,31,32). The number of ether oxygens (including phenoxy) is 2. The summed E-state index contributed by atoms with van der Waals surface area (Å²) < 4.78 is 43.3. The molecule has 10 heteroatoms. The van der Waals surface area contributed by atoms with Crippen LogP contribution in [0.15, 0.2) is 60.7 Å². The van der Waals surface area contributed by atoms with E-state index in [0.29, 0.717) is 28.3 Å². The number of hydrogen-bond acceptors (Lipinski definition) is 7. The Morgan fingerprint density at radius 1 is 1.16 bits per heavy atom. The summed E-state index contributed by atoms with van der Waals surface area (Å²) in [5.74, 6) is 3.89. The van der Waals surface area contributed by atoms with E-state index in [1.54, 1.807) is 44.2 Å². The van der Waals surface area contributed by atoms with Crippen LogP contribution < -0.4 is 9.47 Å². The van der Waals surface area contributed by atoms with Crippen molar-refractivity contribution in [1.29, 1.82) is 0 Å². The number of para-hydroxylation sites is 1. The second-order valence-corrected chi connectivity index (χ2v) is 10.8. The molecule has 1 aliphatic rings. The van der Waals surface area contributed by atoms with Crippen LogP contribution in [0.5, 0.6) is 11.5 Å². The summed E-state index contributed by atoms with van der Waals surface area (Å²) in [6.07, 6.45) is -0.394. The maximum atomic E-state index is 13.7. The van der Waals surface area contributed by atoms with Crippen molar-refractivity contribution in [2.24, 2.45) is 5.92 Å². The van der Waals surface area contributed by atoms with E-state index in [-0.39, 0.29) is 18.4 Å². The summed E-state index contributed by atoms with van der Waals surface area (Å²) in [5.41, 5.74) is -1.28. The maximum absolute atomic E-state index is 13.7. The van der Waals surface area contributed by atoms with E-state index in [1.165, 1.54) is 30.3 Å². The molecule has 198 valence electrons. The molecule has 4 rings (SSSR count). The van der Waals surface area contributed by atoms with Gasteiger partial charge in [-0.05, 0) is 42.0 Å². The first kappa shape index (κ1) is 27.3. The van der Waals surface area contributed by atoms with Gasteiger partial charge in [-0.25, -0.2) is 14.2 Å². The van der Waals surface area contributed by atoms with Gasteiger partial charge < -0.3 is 24.2 Å². The molecule has 2 aromatic carbocycles. The van der Waals surface area contributed by atoms with Crippen LogP contribution in [0.2, 0.25) is 0 Å². The highest BCUT2D eigenvalue weighted by Crippen LogP contribution is 2.53. The quantitative estimate of drug-likeness (QED) is 0.314. The molecule has 2 heterocycles. The van der Waals surface area contributed by atoms with E-state index in [2.05, 4.69) is 16.8 Å². The van der Waals surface area contributed by atoms with Crippen molar-refractivity contribution in [3.05, 3.63) is 77.7 Å². The fourth-order valence-corrected chi connectivity index (χ4v) is 5.52. The van der Waals surface area contributed by atoms with E-state index in [9.17, 15) is 24.0 Å². The second-order valence-electron chi connectivity index (χ2n) is 9.08. The zero-order valence-corrected chi connectivity index (χ0v) is 22.0. The molecule has 0 radical (unpaired) electrons. The molecule has 3 unspecified atom stereocenters. The number of aliphatic carboxylic acids is 1. The summed E-state index contributed by atoms with van der Waals surface area (Å²) in [6.45, 7) is 3.50. The normalized spacial score (nSPS) is 16.2. The van der Waals surface area contributed by atoms with Gasteiger partial charge in [0.2, 0.25) is 20.0 Å². The fraction of sp³-hybridized carbons (Fsp3) is 0.286. The van der Waals surface area contributed by atoms with E-state index in [0.717, 1.165) is 7.11 Å². The van der Waals surface area contributed by atoms with E-state index in [4.69, 9.17) is 14.0 Å². The van der Waals surface area contributed by atoms with Crippen molar-refractivity contribution in [3.8, 4) is 34.6 Å². The number of fused-ring (bicyclic) bond motifs is 1. The molecule has 0 fully saturated rings. The number of halogens is 1. The van der Waals surface area contributed by atoms with E-state index < -0.39 is 37.0 Å². The molecular weight excluding hydrogens is 512 g/mol. The summed E-state index contributed by atoms with van der Waals surface area (Å²) in [6, 6.07) is 15.1. The molecule has 2 N–H and O–H groups in total. The van der Waals surface area contributed by atoms with Gasteiger partial charge in [-0.1, -0.05) is 50.0 Å². The minimum absolute atomic E-state index is 0.0310. The molecule has 0 aliphatic carbocycles. The highest BCUT2D eigenvalue weighted by molar-refractivity contribution is 7.43. The van der Waals surface area contributed by atoms with Crippen molar-refractivity contribution in [2.45, 2.75) is 31.0 Å². The van der Waals surface area contributed by atoms with Gasteiger partial charge in [0, 0.05) is 25.0 Å². The molecule has 3 atom stereocenters. The molecule has 0 saturated carbocycles. The largest absolute Gasteiger partial charge is 0.480 e. The molecular formula is C28H27FNO7P. The van der Waals surface area contributed by atoms with Gasteiger partial charge in [0.05, 0.1) is 11.4 Å². The Bertz CT molecular complexity index is 1430. The van der Waals surface area contributed by atoms with Crippen molar-refractivity contribution >= 4 is 14.0 Å². The Kier molecular flexibility index (Phi) is 7.89. The Balaban J connectivity index is 1.99. The predicted molar refractivity (Wildman–Crippen MR) is 139 cm³/mol. The van der Waals surface area contributed by atoms with E-state index >= 15 is 0 Å². The van der Waals surface area contributed by atoms with Gasteiger partial charge in [0.25, 0.3) is 0 Å². The Morgan fingerprint density at radius 2 is 1.87 bits per heavy atom. The third-order valence-electron chi connectivity index (χ3n) is 6.20. The lowest BCUT2D eigenvalue weighted by molar-refractivity contribution is -0.146. The van der Waals surface area contributed by atoms with Gasteiger partial charge in [0.1, 0.15) is 11.4 Å². The molecule has 0 bridgehead atoms. The van der Waals surface area contributed by atoms with Crippen molar-refractivity contribution in [3.63, 3.8) is 0 Å². The molecule has 1 aromatic heterocycles. The molecule has 0 saturated heterocycles. The van der Waals surface area contributed by atoms with Crippen LogP contribution in [0.3, 0.4) is 0 Å². The SMILES string of the molecule is CO[PH](=O)C(C#CC(C)C)(C(=O)O)C(O)(Cc1ccc(F)cc1)c1cccc(-c2cccc3c2OCO3)n1. The average molecular weight is 539 g/mol. The van der Waals surface area contributed by atoms with Crippen LogP contribution in [0.1, 0.15) is 25.1 Å². The van der Waals surface area contributed by atoms with Gasteiger partial charge >= 0.3 is 5.97 Å². The number of nitrogens with zero attached hydrogens (tertiary/aromatic N) is 1. The topological polar surface area (TPSA) is 115 Å². The highest BCUT2D eigenvalue weighted by atomic mass is 31.1. The maximum Gasteiger partial charge on any atom is 0.335 e. The second kappa shape index (κ2) is 11.0. The zero-order chi connectivity index (χ0) is 27.5. The number of aromatic nitrogens is 1. The molecule has 8 nitrogen and oxygen atoms in total. The lowest BCUT2D eigenvalue weighted by Gasteiger charge is -2.39. The number of carboxylic acids is 1. The minimum atomic E-state index is -3.57. The third kappa shape index (κ3) is 4.91. The van der Waals surface area contributed by atoms with Crippen LogP contribution in [-0.2, 0) is 25.9 Å². The smallest absolute Gasteiger partial charge is 0.335 e. The Hall–Kier alpha value is -3.70. The number of hydrogen-bond donors (Lipinski definition) is 2. The first-order chi connectivity index (χ1) is 18.1. The molecule has 0 amide bonds. The van der Waals surface area contributed by atoms with Crippen molar-refractivity contribution in [1.82, 2.24) is 4.98 Å². The molecule has 38 heavy (non-hydrogen) atoms. The Morgan fingerprint density at radius 3 is 2.53 bits per heavy atom. The van der Waals surface area contributed by atoms with Gasteiger partial charge in [-0.3, -0.25) is 4.57 Å². The number of rotatable bonds is 8. The number of benzene rings is 2. The average Bonchev–Trinajstić information content (AvgIpc) is 3.39. The van der Waals surface area contributed by atoms with Crippen molar-refractivity contribution in [2.75, 3.05) is 13.9 Å². The van der Waals surface area contributed by atoms with Crippen LogP contribution in [0.25, 0.3) is 11.3 Å². The van der Waals surface area contributed by atoms with Gasteiger partial charge in [0.15, 0.2) is 11.5 Å². The Labute approximate surface area is 220 Å². The van der Waals surface area contributed by atoms with Crippen LogP contribution in [-0.4, -0.2) is 40.2 Å². The van der Waals surface area contributed by atoms with Crippen LogP contribution in [0, 0.1) is 23.6 Å². The zero-order valence-electron chi connectivity index (χ0n) is 21.0. The summed E-state index contributed by atoms with van der Waals surface area (Å²) >= 11 is 0. The summed E-state index contributed by atoms with van der Waals surface area (Å²) in [4.78, 5) is 17.6. The predicted octanol–water partition coefficient (Wildman–Crippen LogP) is 4.65. The first-order valence-electron chi connectivity index (χ1n) is 11.8. The monoisotopic (exact) mass is 539 g/mol. The number of pyridine rings is 1. The highest BCUT2D eigenvalue weighted by Gasteiger charge is 2.62. The lowest BCUT2D eigenvalue weighted by atomic mass is 9.78. The number of aliphatic hydroxyl groups is 1. The lowest BCUT2D eigenvalue weighted by Crippen LogP contribution is -2.56. The van der Waals surface area contributed by atoms with Gasteiger partial charge in [-0.15, -0.1) is 0 Å². The minimum Gasteiger partial charge on any atom is -0.480 e. The summed E-state index contributed by atoms with van der Waals surface area (Å²) in [7, 11) is -2.47. The first-order valence-corrected chi connectivity index (χ1v) is 13.1.